The summed E-state index contributed by atoms with van der Waals surface area (Å²) in [5.41, 5.74) is 1.86. The van der Waals surface area contributed by atoms with Crippen LogP contribution in [0.4, 0.5) is 5.69 Å². The predicted molar refractivity (Wildman–Crippen MR) is 85.8 cm³/mol. The van der Waals surface area contributed by atoms with E-state index >= 15 is 0 Å². The maximum atomic E-state index is 9.19. The SMILES string of the molecule is CCC(C)CC(C)Nc1ccc(C#N)c2ccccc12. The van der Waals surface area contributed by atoms with Crippen LogP contribution in [0.1, 0.15) is 39.2 Å². The third kappa shape index (κ3) is 3.11. The van der Waals surface area contributed by atoms with Gasteiger partial charge in [0.2, 0.25) is 0 Å². The monoisotopic (exact) mass is 266 g/mol. The topological polar surface area (TPSA) is 35.8 Å². The zero-order valence-corrected chi connectivity index (χ0v) is 12.5. The first kappa shape index (κ1) is 14.4. The lowest BCUT2D eigenvalue weighted by atomic mass is 9.99. The van der Waals surface area contributed by atoms with Gasteiger partial charge in [0.25, 0.3) is 0 Å². The van der Waals surface area contributed by atoms with Crippen molar-refractivity contribution >= 4 is 16.5 Å². The van der Waals surface area contributed by atoms with Gasteiger partial charge in [-0.05, 0) is 31.4 Å². The molecule has 2 aromatic rings. The van der Waals surface area contributed by atoms with Crippen LogP contribution in [0.15, 0.2) is 36.4 Å². The summed E-state index contributed by atoms with van der Waals surface area (Å²) in [6.45, 7) is 6.74. The van der Waals surface area contributed by atoms with Crippen molar-refractivity contribution in [3.8, 4) is 6.07 Å². The highest BCUT2D eigenvalue weighted by molar-refractivity contribution is 5.97. The Morgan fingerprint density at radius 2 is 1.80 bits per heavy atom. The Morgan fingerprint density at radius 1 is 1.10 bits per heavy atom. The third-order valence-electron chi connectivity index (χ3n) is 3.90. The average molecular weight is 266 g/mol. The molecule has 0 spiro atoms. The van der Waals surface area contributed by atoms with E-state index in [1.165, 1.54) is 6.42 Å². The Labute approximate surface area is 121 Å². The van der Waals surface area contributed by atoms with Gasteiger partial charge in [0.15, 0.2) is 0 Å². The van der Waals surface area contributed by atoms with Crippen LogP contribution in [0.3, 0.4) is 0 Å². The van der Waals surface area contributed by atoms with Gasteiger partial charge < -0.3 is 5.32 Å². The number of hydrogen-bond donors (Lipinski definition) is 1. The fourth-order valence-corrected chi connectivity index (χ4v) is 2.62. The van der Waals surface area contributed by atoms with Crippen LogP contribution in [0.5, 0.6) is 0 Å². The van der Waals surface area contributed by atoms with Gasteiger partial charge in [0, 0.05) is 22.5 Å². The van der Waals surface area contributed by atoms with Crippen molar-refractivity contribution in [2.45, 2.75) is 39.7 Å². The molecule has 2 nitrogen and oxygen atoms in total. The summed E-state index contributed by atoms with van der Waals surface area (Å²) in [6, 6.07) is 14.7. The van der Waals surface area contributed by atoms with Gasteiger partial charge >= 0.3 is 0 Å². The Bertz CT molecular complexity index is 625. The summed E-state index contributed by atoms with van der Waals surface area (Å²) in [6.07, 6.45) is 2.37. The first-order valence-electron chi connectivity index (χ1n) is 7.34. The first-order chi connectivity index (χ1) is 9.65. The van der Waals surface area contributed by atoms with Gasteiger partial charge in [-0.2, -0.15) is 5.26 Å². The smallest absolute Gasteiger partial charge is 0.0998 e. The van der Waals surface area contributed by atoms with Crippen LogP contribution in [0, 0.1) is 17.2 Å². The molecule has 0 aliphatic carbocycles. The molecule has 2 aromatic carbocycles. The van der Waals surface area contributed by atoms with Gasteiger partial charge in [0.1, 0.15) is 0 Å². The Morgan fingerprint density at radius 3 is 2.45 bits per heavy atom. The van der Waals surface area contributed by atoms with Crippen LogP contribution in [-0.2, 0) is 0 Å². The fourth-order valence-electron chi connectivity index (χ4n) is 2.62. The molecule has 0 saturated heterocycles. The minimum Gasteiger partial charge on any atom is -0.382 e. The van der Waals surface area contributed by atoms with Crippen molar-refractivity contribution in [2.75, 3.05) is 5.32 Å². The van der Waals surface area contributed by atoms with E-state index in [1.54, 1.807) is 0 Å². The summed E-state index contributed by atoms with van der Waals surface area (Å²) in [5.74, 6) is 0.724. The van der Waals surface area contributed by atoms with E-state index in [0.717, 1.165) is 34.4 Å². The molecule has 0 amide bonds. The summed E-state index contributed by atoms with van der Waals surface area (Å²) in [5, 5.41) is 14.9. The second-order valence-electron chi connectivity index (χ2n) is 5.61. The molecule has 0 radical (unpaired) electrons. The number of hydrogen-bond acceptors (Lipinski definition) is 2. The minimum atomic E-state index is 0.432. The van der Waals surface area contributed by atoms with Crippen molar-refractivity contribution < 1.29 is 0 Å². The quantitative estimate of drug-likeness (QED) is 0.831. The van der Waals surface area contributed by atoms with Gasteiger partial charge in [-0.15, -0.1) is 0 Å². The minimum absolute atomic E-state index is 0.432. The highest BCUT2D eigenvalue weighted by Gasteiger charge is 2.10. The van der Waals surface area contributed by atoms with E-state index in [1.807, 2.05) is 30.3 Å². The molecule has 2 heteroatoms. The summed E-state index contributed by atoms with van der Waals surface area (Å²) in [4.78, 5) is 0. The van der Waals surface area contributed by atoms with Crippen molar-refractivity contribution in [1.29, 1.82) is 5.26 Å². The molecule has 0 heterocycles. The molecule has 2 rings (SSSR count). The van der Waals surface area contributed by atoms with Crippen LogP contribution in [-0.4, -0.2) is 6.04 Å². The van der Waals surface area contributed by atoms with Crippen LogP contribution < -0.4 is 5.32 Å². The molecule has 2 unspecified atom stereocenters. The number of nitriles is 1. The molecule has 0 bridgehead atoms. The van der Waals surface area contributed by atoms with E-state index in [-0.39, 0.29) is 0 Å². The van der Waals surface area contributed by atoms with Crippen LogP contribution in [0.2, 0.25) is 0 Å². The fraction of sp³-hybridized carbons (Fsp3) is 0.389. The summed E-state index contributed by atoms with van der Waals surface area (Å²) in [7, 11) is 0. The van der Waals surface area contributed by atoms with Crippen molar-refractivity contribution in [2.24, 2.45) is 5.92 Å². The lowest BCUT2D eigenvalue weighted by Gasteiger charge is -2.20. The van der Waals surface area contributed by atoms with Crippen LogP contribution >= 0.6 is 0 Å². The Balaban J connectivity index is 2.30. The van der Waals surface area contributed by atoms with E-state index in [2.05, 4.69) is 38.2 Å². The summed E-state index contributed by atoms with van der Waals surface area (Å²) >= 11 is 0. The lowest BCUT2D eigenvalue weighted by Crippen LogP contribution is -2.18. The van der Waals surface area contributed by atoms with Gasteiger partial charge in [-0.1, -0.05) is 44.5 Å². The molecule has 0 aromatic heterocycles. The zero-order chi connectivity index (χ0) is 14.5. The second kappa shape index (κ2) is 6.43. The van der Waals surface area contributed by atoms with Crippen LogP contribution in [0.25, 0.3) is 10.8 Å². The number of anilines is 1. The van der Waals surface area contributed by atoms with E-state index in [9.17, 15) is 5.26 Å². The third-order valence-corrected chi connectivity index (χ3v) is 3.90. The molecule has 20 heavy (non-hydrogen) atoms. The molecule has 0 aliphatic rings. The second-order valence-corrected chi connectivity index (χ2v) is 5.61. The summed E-state index contributed by atoms with van der Waals surface area (Å²) < 4.78 is 0. The maximum Gasteiger partial charge on any atom is 0.0998 e. The predicted octanol–water partition coefficient (Wildman–Crippen LogP) is 4.95. The number of rotatable bonds is 5. The zero-order valence-electron chi connectivity index (χ0n) is 12.5. The highest BCUT2D eigenvalue weighted by atomic mass is 14.9. The number of benzene rings is 2. The van der Waals surface area contributed by atoms with Crippen molar-refractivity contribution in [3.05, 3.63) is 42.0 Å². The molecular weight excluding hydrogens is 244 g/mol. The maximum absolute atomic E-state index is 9.19. The normalized spacial score (nSPS) is 13.7. The first-order valence-corrected chi connectivity index (χ1v) is 7.34. The van der Waals surface area contributed by atoms with Crippen molar-refractivity contribution in [1.82, 2.24) is 0 Å². The van der Waals surface area contributed by atoms with Crippen molar-refractivity contribution in [3.63, 3.8) is 0 Å². The Kier molecular flexibility index (Phi) is 4.63. The standard InChI is InChI=1S/C18H22N2/c1-4-13(2)11-14(3)20-18-10-9-15(12-19)16-7-5-6-8-17(16)18/h5-10,13-14,20H,4,11H2,1-3H3. The largest absolute Gasteiger partial charge is 0.382 e. The molecule has 2 atom stereocenters. The van der Waals surface area contributed by atoms with E-state index < -0.39 is 0 Å². The highest BCUT2D eigenvalue weighted by Crippen LogP contribution is 2.27. The lowest BCUT2D eigenvalue weighted by molar-refractivity contribution is 0.484. The Hall–Kier alpha value is -2.01. The van der Waals surface area contributed by atoms with Gasteiger partial charge in [-0.25, -0.2) is 0 Å². The number of nitrogens with one attached hydrogen (secondary N) is 1. The molecular formula is C18H22N2. The van der Waals surface area contributed by atoms with Gasteiger partial charge in [0.05, 0.1) is 11.6 Å². The van der Waals surface area contributed by atoms with E-state index in [4.69, 9.17) is 0 Å². The average Bonchev–Trinajstić information content (AvgIpc) is 2.47. The van der Waals surface area contributed by atoms with Gasteiger partial charge in [-0.3, -0.25) is 0 Å². The molecule has 104 valence electrons. The molecule has 0 fully saturated rings. The molecule has 1 N–H and O–H groups in total. The molecule has 0 saturated carbocycles. The number of fused-ring (bicyclic) bond motifs is 1. The molecule has 0 aliphatic heterocycles. The van der Waals surface area contributed by atoms with E-state index in [0.29, 0.717) is 6.04 Å². The number of nitrogens with zero attached hydrogens (tertiary/aromatic N) is 1.